The van der Waals surface area contributed by atoms with Crippen LogP contribution in [-0.4, -0.2) is 30.1 Å². The Hall–Kier alpha value is -3.91. The molecule has 0 saturated heterocycles. The first-order valence-electron chi connectivity index (χ1n) is 17.3. The molecule has 0 spiro atoms. The van der Waals surface area contributed by atoms with Gasteiger partial charge in [0.2, 0.25) is 0 Å². The lowest BCUT2D eigenvalue weighted by Crippen LogP contribution is -2.45. The van der Waals surface area contributed by atoms with E-state index in [1.54, 1.807) is 7.11 Å². The van der Waals surface area contributed by atoms with Crippen molar-refractivity contribution in [1.82, 2.24) is 4.90 Å². The summed E-state index contributed by atoms with van der Waals surface area (Å²) in [4.78, 5) is 31.1. The molecule has 3 aliphatic rings. The maximum absolute atomic E-state index is 14.4. The van der Waals surface area contributed by atoms with Gasteiger partial charge in [-0.15, -0.1) is 0 Å². The van der Waals surface area contributed by atoms with Crippen LogP contribution in [0.2, 0.25) is 0 Å². The molecule has 4 aromatic rings. The van der Waals surface area contributed by atoms with E-state index in [2.05, 4.69) is 116 Å². The van der Waals surface area contributed by atoms with Crippen LogP contribution in [0.15, 0.2) is 107 Å². The third-order valence-corrected chi connectivity index (χ3v) is 11.1. The molecular weight excluding hydrogens is 721 g/mol. The number of hydrogen-bond donors (Lipinski definition) is 0. The van der Waals surface area contributed by atoms with Crippen LogP contribution in [0, 0.1) is 14.4 Å². The van der Waals surface area contributed by atoms with Gasteiger partial charge in [-0.2, -0.15) is 0 Å². The van der Waals surface area contributed by atoms with Crippen molar-refractivity contribution < 1.29 is 19.1 Å². The van der Waals surface area contributed by atoms with E-state index < -0.39 is 5.92 Å². The predicted octanol–water partition coefficient (Wildman–Crippen LogP) is 9.96. The summed E-state index contributed by atoms with van der Waals surface area (Å²) in [6, 6.07) is 29.2. The summed E-state index contributed by atoms with van der Waals surface area (Å²) in [5.74, 6) is 1.09. The van der Waals surface area contributed by atoms with Gasteiger partial charge in [-0.05, 0) is 92.3 Å². The zero-order chi connectivity index (χ0) is 34.5. The molecule has 0 saturated carbocycles. The average Bonchev–Trinajstić information content (AvgIpc) is 3.05. The van der Waals surface area contributed by atoms with E-state index in [0.29, 0.717) is 30.9 Å². The normalized spacial score (nSPS) is 18.9. The first-order chi connectivity index (χ1) is 23.4. The van der Waals surface area contributed by atoms with Crippen LogP contribution in [0.4, 0.5) is 0 Å². The molecule has 0 N–H and O–H groups in total. The molecule has 0 fully saturated rings. The number of halogens is 1. The topological polar surface area (TPSA) is 55.8 Å². The van der Waals surface area contributed by atoms with Crippen LogP contribution < -0.4 is 9.47 Å². The molecule has 5 nitrogen and oxygen atoms in total. The van der Waals surface area contributed by atoms with Crippen molar-refractivity contribution in [2.75, 3.05) is 13.7 Å². The van der Waals surface area contributed by atoms with Gasteiger partial charge < -0.3 is 14.4 Å². The van der Waals surface area contributed by atoms with E-state index in [1.165, 1.54) is 10.9 Å². The van der Waals surface area contributed by atoms with E-state index in [-0.39, 0.29) is 22.4 Å². The van der Waals surface area contributed by atoms with E-state index in [1.807, 2.05) is 24.3 Å². The quantitative estimate of drug-likeness (QED) is 0.167. The Morgan fingerprint density at radius 1 is 0.776 bits per heavy atom. The smallest absolute Gasteiger partial charge is 0.174 e. The molecule has 0 atom stereocenters. The standard InChI is InChI=1S/C43H44INO4/c1-42(2)22-33-39(35(46)24-42)38(40-34(23-43(3,4)25-36(40)47)45(33)19-18-27-12-7-6-8-13-27)30-20-32(44)41(37(21-30)48-5)49-26-29-16-11-15-28-14-9-10-17-31(28)29/h6-17,20-21,38H,18-19,22-26H2,1-5H3. The number of allylic oxidation sites excluding steroid dienone is 4. The number of carbonyl (C=O) groups is 2. The molecule has 6 heteroatoms. The minimum Gasteiger partial charge on any atom is -0.493 e. The molecule has 4 aromatic carbocycles. The Balaban J connectivity index is 1.33. The van der Waals surface area contributed by atoms with Gasteiger partial charge in [0, 0.05) is 47.8 Å². The molecule has 1 aliphatic heterocycles. The van der Waals surface area contributed by atoms with Crippen molar-refractivity contribution >= 4 is 44.9 Å². The first-order valence-corrected chi connectivity index (χ1v) is 18.3. The van der Waals surface area contributed by atoms with E-state index in [4.69, 9.17) is 9.47 Å². The van der Waals surface area contributed by atoms with Gasteiger partial charge >= 0.3 is 0 Å². The van der Waals surface area contributed by atoms with Crippen molar-refractivity contribution in [3.63, 3.8) is 0 Å². The number of rotatable bonds is 8. The van der Waals surface area contributed by atoms with Crippen molar-refractivity contribution in [3.8, 4) is 11.5 Å². The molecule has 1 heterocycles. The van der Waals surface area contributed by atoms with Crippen LogP contribution in [-0.2, 0) is 22.6 Å². The Bertz CT molecular complexity index is 1960. The molecule has 0 unspecified atom stereocenters. The number of carbonyl (C=O) groups excluding carboxylic acids is 2. The van der Waals surface area contributed by atoms with Crippen LogP contribution >= 0.6 is 22.6 Å². The van der Waals surface area contributed by atoms with Crippen molar-refractivity contribution in [3.05, 3.63) is 128 Å². The van der Waals surface area contributed by atoms with Crippen molar-refractivity contribution in [2.24, 2.45) is 10.8 Å². The number of hydrogen-bond acceptors (Lipinski definition) is 5. The fraction of sp³-hybridized carbons (Fsp3) is 0.349. The van der Waals surface area contributed by atoms with E-state index in [0.717, 1.165) is 68.4 Å². The fourth-order valence-electron chi connectivity index (χ4n) is 8.15. The lowest BCUT2D eigenvalue weighted by molar-refractivity contribution is -0.119. The zero-order valence-electron chi connectivity index (χ0n) is 29.1. The summed E-state index contributed by atoms with van der Waals surface area (Å²) in [7, 11) is 1.66. The van der Waals surface area contributed by atoms with Gasteiger partial charge in [0.05, 0.1) is 10.7 Å². The number of ketones is 2. The van der Waals surface area contributed by atoms with E-state index in [9.17, 15) is 9.59 Å². The van der Waals surface area contributed by atoms with Gasteiger partial charge in [0.1, 0.15) is 6.61 Å². The molecule has 0 radical (unpaired) electrons. The number of Topliss-reactive ketones (excluding diaryl/α,β-unsaturated/α-hetero) is 2. The number of nitrogens with zero attached hydrogens (tertiary/aromatic N) is 1. The lowest BCUT2D eigenvalue weighted by Gasteiger charge is -2.49. The Kier molecular flexibility index (Phi) is 8.97. The highest BCUT2D eigenvalue weighted by Gasteiger charge is 2.49. The molecule has 0 aromatic heterocycles. The Labute approximate surface area is 303 Å². The third-order valence-electron chi connectivity index (χ3n) is 10.3. The molecular formula is C43H44INO4. The maximum atomic E-state index is 14.4. The van der Waals surface area contributed by atoms with E-state index >= 15 is 0 Å². The fourth-order valence-corrected chi connectivity index (χ4v) is 8.93. The average molecular weight is 766 g/mol. The first kappa shape index (κ1) is 33.6. The monoisotopic (exact) mass is 765 g/mol. The highest BCUT2D eigenvalue weighted by molar-refractivity contribution is 14.1. The highest BCUT2D eigenvalue weighted by atomic mass is 127. The van der Waals surface area contributed by atoms with Crippen molar-refractivity contribution in [2.45, 2.75) is 72.3 Å². The zero-order valence-corrected chi connectivity index (χ0v) is 31.2. The minimum atomic E-state index is -0.445. The summed E-state index contributed by atoms with van der Waals surface area (Å²) in [6.07, 6.45) is 3.31. The van der Waals surface area contributed by atoms with Gasteiger partial charge in [0.25, 0.3) is 0 Å². The van der Waals surface area contributed by atoms with Crippen LogP contribution in [0.3, 0.4) is 0 Å². The maximum Gasteiger partial charge on any atom is 0.174 e. The number of fused-ring (bicyclic) bond motifs is 1. The molecule has 7 rings (SSSR count). The highest BCUT2D eigenvalue weighted by Crippen LogP contribution is 2.55. The van der Waals surface area contributed by atoms with Gasteiger partial charge in [0.15, 0.2) is 23.1 Å². The molecule has 2 aliphatic carbocycles. The Morgan fingerprint density at radius 3 is 2.04 bits per heavy atom. The second kappa shape index (κ2) is 13.1. The summed E-state index contributed by atoms with van der Waals surface area (Å²) in [6.45, 7) is 9.86. The summed E-state index contributed by atoms with van der Waals surface area (Å²) >= 11 is 2.32. The van der Waals surface area contributed by atoms with Crippen LogP contribution in [0.1, 0.15) is 76.0 Å². The number of benzene rings is 4. The minimum absolute atomic E-state index is 0.135. The Morgan fingerprint density at radius 2 is 1.39 bits per heavy atom. The largest absolute Gasteiger partial charge is 0.493 e. The third kappa shape index (κ3) is 6.56. The van der Waals surface area contributed by atoms with Gasteiger partial charge in [-0.3, -0.25) is 9.59 Å². The summed E-state index contributed by atoms with van der Waals surface area (Å²) in [5.41, 5.74) is 6.61. The lowest BCUT2D eigenvalue weighted by atomic mass is 9.63. The van der Waals surface area contributed by atoms with Crippen LogP contribution in [0.25, 0.3) is 10.8 Å². The van der Waals surface area contributed by atoms with Gasteiger partial charge in [-0.25, -0.2) is 0 Å². The number of methoxy groups -OCH3 is 1. The number of ether oxygens (including phenoxy) is 2. The molecule has 0 amide bonds. The predicted molar refractivity (Wildman–Crippen MR) is 204 cm³/mol. The second-order valence-electron chi connectivity index (χ2n) is 15.4. The van der Waals surface area contributed by atoms with Crippen molar-refractivity contribution in [1.29, 1.82) is 0 Å². The molecule has 0 bridgehead atoms. The summed E-state index contributed by atoms with van der Waals surface area (Å²) < 4.78 is 13.4. The molecule has 49 heavy (non-hydrogen) atoms. The van der Waals surface area contributed by atoms with Gasteiger partial charge in [-0.1, -0.05) is 100 Å². The summed E-state index contributed by atoms with van der Waals surface area (Å²) in [5, 5.41) is 2.33. The van der Waals surface area contributed by atoms with Crippen LogP contribution in [0.5, 0.6) is 11.5 Å². The molecule has 252 valence electrons. The second-order valence-corrected chi connectivity index (χ2v) is 16.5. The SMILES string of the molecule is COc1cc(C2C3=C(CC(C)(C)CC3=O)N(CCc3ccccc3)C3=C2C(=O)CC(C)(C)C3)cc(I)c1OCc1cccc2ccccc12.